The van der Waals surface area contributed by atoms with Crippen LogP contribution in [0.3, 0.4) is 0 Å². The second kappa shape index (κ2) is 8.03. The fraction of sp³-hybridized carbons (Fsp3) is 0.211. The SMILES string of the molecule is CCOC(=O)C(C)=Cc1cccc(OCc2ccccc2)c1. The molecule has 0 amide bonds. The summed E-state index contributed by atoms with van der Waals surface area (Å²) in [5.74, 6) is 0.479. The molecule has 0 aromatic heterocycles. The van der Waals surface area contributed by atoms with E-state index in [1.54, 1.807) is 19.9 Å². The van der Waals surface area contributed by atoms with Gasteiger partial charge >= 0.3 is 5.97 Å². The van der Waals surface area contributed by atoms with E-state index in [1.807, 2.05) is 54.6 Å². The minimum absolute atomic E-state index is 0.293. The Morgan fingerprint density at radius 1 is 1.09 bits per heavy atom. The first-order valence-electron chi connectivity index (χ1n) is 7.31. The summed E-state index contributed by atoms with van der Waals surface area (Å²) in [5.41, 5.74) is 2.60. The highest BCUT2D eigenvalue weighted by Crippen LogP contribution is 2.17. The molecular weight excluding hydrogens is 276 g/mol. The van der Waals surface area contributed by atoms with Gasteiger partial charge in [0.1, 0.15) is 12.4 Å². The molecule has 3 nitrogen and oxygen atoms in total. The lowest BCUT2D eigenvalue weighted by Crippen LogP contribution is -2.04. The van der Waals surface area contributed by atoms with Crippen LogP contribution < -0.4 is 4.74 Å². The summed E-state index contributed by atoms with van der Waals surface area (Å²) in [6.07, 6.45) is 1.80. The van der Waals surface area contributed by atoms with Crippen molar-refractivity contribution in [2.75, 3.05) is 6.61 Å². The number of rotatable bonds is 6. The van der Waals surface area contributed by atoms with E-state index < -0.39 is 0 Å². The van der Waals surface area contributed by atoms with Crippen LogP contribution in [0.4, 0.5) is 0 Å². The van der Waals surface area contributed by atoms with Crippen molar-refractivity contribution in [2.45, 2.75) is 20.5 Å². The maximum absolute atomic E-state index is 11.6. The Morgan fingerprint density at radius 2 is 1.86 bits per heavy atom. The van der Waals surface area contributed by atoms with Crippen LogP contribution in [0.1, 0.15) is 25.0 Å². The van der Waals surface area contributed by atoms with Gasteiger partial charge in [-0.2, -0.15) is 0 Å². The topological polar surface area (TPSA) is 35.5 Å². The van der Waals surface area contributed by atoms with Gasteiger partial charge in [0.25, 0.3) is 0 Å². The van der Waals surface area contributed by atoms with Crippen LogP contribution >= 0.6 is 0 Å². The molecule has 0 saturated heterocycles. The number of benzene rings is 2. The maximum atomic E-state index is 11.6. The van der Waals surface area contributed by atoms with Crippen molar-refractivity contribution in [3.05, 3.63) is 71.3 Å². The van der Waals surface area contributed by atoms with Gasteiger partial charge in [0.15, 0.2) is 0 Å². The molecule has 0 saturated carbocycles. The molecule has 2 aromatic carbocycles. The molecule has 3 heteroatoms. The van der Waals surface area contributed by atoms with E-state index in [0.29, 0.717) is 18.8 Å². The van der Waals surface area contributed by atoms with Gasteiger partial charge in [-0.1, -0.05) is 42.5 Å². The van der Waals surface area contributed by atoms with E-state index in [1.165, 1.54) is 0 Å². The van der Waals surface area contributed by atoms with Crippen LogP contribution in [-0.2, 0) is 16.1 Å². The van der Waals surface area contributed by atoms with Crippen LogP contribution in [0.25, 0.3) is 6.08 Å². The van der Waals surface area contributed by atoms with Gasteiger partial charge in [-0.15, -0.1) is 0 Å². The highest BCUT2D eigenvalue weighted by molar-refractivity contribution is 5.93. The summed E-state index contributed by atoms with van der Waals surface area (Å²) in [4.78, 5) is 11.6. The van der Waals surface area contributed by atoms with Gasteiger partial charge in [0.05, 0.1) is 6.61 Å². The zero-order chi connectivity index (χ0) is 15.8. The third kappa shape index (κ3) is 4.77. The molecule has 0 radical (unpaired) electrons. The minimum Gasteiger partial charge on any atom is -0.489 e. The second-order valence-electron chi connectivity index (χ2n) is 4.89. The Morgan fingerprint density at radius 3 is 2.59 bits per heavy atom. The Hall–Kier alpha value is -2.55. The van der Waals surface area contributed by atoms with E-state index >= 15 is 0 Å². The average molecular weight is 296 g/mol. The Kier molecular flexibility index (Phi) is 5.78. The molecule has 0 spiro atoms. The van der Waals surface area contributed by atoms with Crippen molar-refractivity contribution >= 4 is 12.0 Å². The van der Waals surface area contributed by atoms with Crippen molar-refractivity contribution in [2.24, 2.45) is 0 Å². The van der Waals surface area contributed by atoms with Crippen LogP contribution in [0.5, 0.6) is 5.75 Å². The fourth-order valence-corrected chi connectivity index (χ4v) is 1.99. The molecule has 2 aromatic rings. The lowest BCUT2D eigenvalue weighted by Gasteiger charge is -2.07. The fourth-order valence-electron chi connectivity index (χ4n) is 1.99. The smallest absolute Gasteiger partial charge is 0.333 e. The van der Waals surface area contributed by atoms with Gasteiger partial charge < -0.3 is 9.47 Å². The number of hydrogen-bond donors (Lipinski definition) is 0. The molecular formula is C19H20O3. The normalized spacial score (nSPS) is 11.1. The Bertz CT molecular complexity index is 645. The molecule has 0 N–H and O–H groups in total. The minimum atomic E-state index is -0.293. The maximum Gasteiger partial charge on any atom is 0.333 e. The average Bonchev–Trinajstić information content (AvgIpc) is 2.54. The summed E-state index contributed by atoms with van der Waals surface area (Å²) >= 11 is 0. The van der Waals surface area contributed by atoms with Gasteiger partial charge in [-0.3, -0.25) is 0 Å². The second-order valence-corrected chi connectivity index (χ2v) is 4.89. The summed E-state index contributed by atoms with van der Waals surface area (Å²) in [7, 11) is 0. The molecule has 0 fully saturated rings. The molecule has 0 aliphatic carbocycles. The summed E-state index contributed by atoms with van der Waals surface area (Å²) < 4.78 is 10.7. The lowest BCUT2D eigenvalue weighted by atomic mass is 10.1. The first-order chi connectivity index (χ1) is 10.7. The van der Waals surface area contributed by atoms with Crippen LogP contribution in [-0.4, -0.2) is 12.6 Å². The van der Waals surface area contributed by atoms with Crippen molar-refractivity contribution in [3.63, 3.8) is 0 Å². The Balaban J connectivity index is 2.03. The summed E-state index contributed by atoms with van der Waals surface area (Å²) in [6, 6.07) is 17.6. The summed E-state index contributed by atoms with van der Waals surface area (Å²) in [6.45, 7) is 4.44. The van der Waals surface area contributed by atoms with E-state index in [-0.39, 0.29) is 5.97 Å². The molecule has 0 aliphatic heterocycles. The predicted octanol–water partition coefficient (Wildman–Crippen LogP) is 4.23. The van der Waals surface area contributed by atoms with E-state index in [9.17, 15) is 4.79 Å². The highest BCUT2D eigenvalue weighted by Gasteiger charge is 2.04. The quantitative estimate of drug-likeness (QED) is 0.591. The summed E-state index contributed by atoms with van der Waals surface area (Å²) in [5, 5.41) is 0. The van der Waals surface area contributed by atoms with Crippen LogP contribution in [0.15, 0.2) is 60.2 Å². The molecule has 0 atom stereocenters. The standard InChI is InChI=1S/C19H20O3/c1-3-21-19(20)15(2)12-17-10-7-11-18(13-17)22-14-16-8-5-4-6-9-16/h4-13H,3,14H2,1-2H3. The molecule has 0 aliphatic rings. The van der Waals surface area contributed by atoms with E-state index in [4.69, 9.17) is 9.47 Å². The van der Waals surface area contributed by atoms with E-state index in [2.05, 4.69) is 0 Å². The van der Waals surface area contributed by atoms with Gasteiger partial charge in [0.2, 0.25) is 0 Å². The van der Waals surface area contributed by atoms with Crippen molar-refractivity contribution in [1.29, 1.82) is 0 Å². The third-order valence-electron chi connectivity index (χ3n) is 3.09. The number of ether oxygens (including phenoxy) is 2. The molecule has 114 valence electrons. The van der Waals surface area contributed by atoms with Gasteiger partial charge in [-0.05, 0) is 43.2 Å². The molecule has 0 bridgehead atoms. The number of carbonyl (C=O) groups is 1. The number of carbonyl (C=O) groups excluding carboxylic acids is 1. The van der Waals surface area contributed by atoms with Crippen molar-refractivity contribution in [3.8, 4) is 5.75 Å². The Labute approximate surface area is 131 Å². The van der Waals surface area contributed by atoms with Crippen molar-refractivity contribution < 1.29 is 14.3 Å². The van der Waals surface area contributed by atoms with Crippen LogP contribution in [0.2, 0.25) is 0 Å². The van der Waals surface area contributed by atoms with Crippen LogP contribution in [0, 0.1) is 0 Å². The van der Waals surface area contributed by atoms with Gasteiger partial charge in [0, 0.05) is 5.57 Å². The third-order valence-corrected chi connectivity index (χ3v) is 3.09. The zero-order valence-electron chi connectivity index (χ0n) is 12.9. The first kappa shape index (κ1) is 15.8. The highest BCUT2D eigenvalue weighted by atomic mass is 16.5. The molecule has 0 heterocycles. The largest absolute Gasteiger partial charge is 0.489 e. The predicted molar refractivity (Wildman–Crippen MR) is 87.5 cm³/mol. The first-order valence-corrected chi connectivity index (χ1v) is 7.31. The van der Waals surface area contributed by atoms with Crippen molar-refractivity contribution in [1.82, 2.24) is 0 Å². The lowest BCUT2D eigenvalue weighted by molar-refractivity contribution is -0.138. The number of hydrogen-bond acceptors (Lipinski definition) is 3. The van der Waals surface area contributed by atoms with Gasteiger partial charge in [-0.25, -0.2) is 4.79 Å². The number of esters is 1. The molecule has 0 unspecified atom stereocenters. The molecule has 2 rings (SSSR count). The molecule has 22 heavy (non-hydrogen) atoms. The monoisotopic (exact) mass is 296 g/mol. The zero-order valence-corrected chi connectivity index (χ0v) is 12.9. The van der Waals surface area contributed by atoms with E-state index in [0.717, 1.165) is 16.9 Å².